The molecule has 46 heavy (non-hydrogen) atoms. The third kappa shape index (κ3) is 6.38. The van der Waals surface area contributed by atoms with Gasteiger partial charge in [-0.1, -0.05) is 11.6 Å². The number of methoxy groups -OCH3 is 2. The van der Waals surface area contributed by atoms with Gasteiger partial charge in [0.15, 0.2) is 29.1 Å². The Bertz CT molecular complexity index is 1830. The monoisotopic (exact) mass is 656 g/mol. The third-order valence-corrected chi connectivity index (χ3v) is 7.51. The average Bonchev–Trinajstić information content (AvgIpc) is 3.45. The zero-order valence-electron chi connectivity index (χ0n) is 25.6. The Kier molecular flexibility index (Phi) is 9.01. The van der Waals surface area contributed by atoms with Crippen LogP contribution < -0.4 is 10.1 Å². The van der Waals surface area contributed by atoms with Crippen molar-refractivity contribution < 1.29 is 37.4 Å². The minimum absolute atomic E-state index is 0.0183. The third-order valence-electron chi connectivity index (χ3n) is 7.20. The van der Waals surface area contributed by atoms with Gasteiger partial charge in [-0.05, 0) is 51.1 Å². The van der Waals surface area contributed by atoms with Crippen LogP contribution in [-0.4, -0.2) is 87.6 Å². The normalized spacial score (nSPS) is 15.1. The van der Waals surface area contributed by atoms with Gasteiger partial charge in [0.25, 0.3) is 5.91 Å². The molecule has 4 aromatic rings. The quantitative estimate of drug-likeness (QED) is 0.275. The number of imidazole rings is 1. The fourth-order valence-electron chi connectivity index (χ4n) is 5.01. The van der Waals surface area contributed by atoms with Crippen molar-refractivity contribution >= 4 is 46.7 Å². The fourth-order valence-corrected chi connectivity index (χ4v) is 5.27. The van der Waals surface area contributed by atoms with Gasteiger partial charge < -0.3 is 24.4 Å². The molecule has 1 fully saturated rings. The van der Waals surface area contributed by atoms with E-state index in [4.69, 9.17) is 25.8 Å². The first-order valence-corrected chi connectivity index (χ1v) is 14.5. The maximum atomic E-state index is 14.8. The van der Waals surface area contributed by atoms with Crippen molar-refractivity contribution in [2.24, 2.45) is 0 Å². The Labute approximate surface area is 267 Å². The van der Waals surface area contributed by atoms with E-state index in [1.165, 1.54) is 60.7 Å². The number of anilines is 2. The van der Waals surface area contributed by atoms with Gasteiger partial charge in [-0.3, -0.25) is 14.1 Å². The highest BCUT2D eigenvalue weighted by Crippen LogP contribution is 2.32. The van der Waals surface area contributed by atoms with Crippen molar-refractivity contribution in [3.8, 4) is 17.0 Å². The van der Waals surface area contributed by atoms with Gasteiger partial charge in [0.05, 0.1) is 43.2 Å². The lowest BCUT2D eigenvalue weighted by Crippen LogP contribution is -2.60. The van der Waals surface area contributed by atoms with Gasteiger partial charge in [-0.25, -0.2) is 23.9 Å². The van der Waals surface area contributed by atoms with Crippen molar-refractivity contribution in [3.05, 3.63) is 71.1 Å². The molecule has 2 aromatic heterocycles. The second kappa shape index (κ2) is 12.8. The first kappa shape index (κ1) is 32.4. The Morgan fingerprint density at radius 1 is 1.04 bits per heavy atom. The SMILES string of the molecule is COC(=O)C1CN(C(=O)c2ccc(Nc3nccn4c(-c5ccc(OC)c(F)c5F)cnc34)cc2Cl)CCN1C(=O)OC(C)(C)C. The van der Waals surface area contributed by atoms with E-state index in [-0.39, 0.29) is 53.0 Å². The molecule has 2 amide bonds. The van der Waals surface area contributed by atoms with Crippen LogP contribution in [0.4, 0.5) is 25.1 Å². The van der Waals surface area contributed by atoms with Crippen LogP contribution in [0.15, 0.2) is 48.9 Å². The van der Waals surface area contributed by atoms with Crippen molar-refractivity contribution in [2.75, 3.05) is 39.2 Å². The summed E-state index contributed by atoms with van der Waals surface area (Å²) in [6.45, 7) is 5.21. The molecule has 1 saturated heterocycles. The zero-order valence-corrected chi connectivity index (χ0v) is 26.4. The van der Waals surface area contributed by atoms with Gasteiger partial charge >= 0.3 is 12.1 Å². The number of halogens is 3. The number of esters is 1. The Hall–Kier alpha value is -4.98. The van der Waals surface area contributed by atoms with Crippen LogP contribution in [0.2, 0.25) is 5.02 Å². The second-order valence-corrected chi connectivity index (χ2v) is 11.7. The Morgan fingerprint density at radius 3 is 2.48 bits per heavy atom. The number of nitrogens with zero attached hydrogens (tertiary/aromatic N) is 5. The maximum absolute atomic E-state index is 14.8. The maximum Gasteiger partial charge on any atom is 0.411 e. The number of carbonyl (C=O) groups is 3. The number of hydrogen-bond acceptors (Lipinski definition) is 9. The summed E-state index contributed by atoms with van der Waals surface area (Å²) in [5.74, 6) is -3.25. The van der Waals surface area contributed by atoms with E-state index in [0.29, 0.717) is 11.3 Å². The van der Waals surface area contributed by atoms with Crippen LogP contribution in [0.1, 0.15) is 31.1 Å². The number of ether oxygens (including phenoxy) is 3. The molecule has 0 bridgehead atoms. The minimum atomic E-state index is -1.11. The second-order valence-electron chi connectivity index (χ2n) is 11.3. The molecule has 12 nitrogen and oxygen atoms in total. The summed E-state index contributed by atoms with van der Waals surface area (Å²) in [4.78, 5) is 50.2. The minimum Gasteiger partial charge on any atom is -0.494 e. The summed E-state index contributed by atoms with van der Waals surface area (Å²) in [5, 5.41) is 3.21. The van der Waals surface area contributed by atoms with Gasteiger partial charge in [0.2, 0.25) is 5.82 Å². The molecule has 0 aliphatic carbocycles. The Balaban J connectivity index is 1.35. The lowest BCUT2D eigenvalue weighted by molar-refractivity contribution is -0.148. The molecule has 5 rings (SSSR count). The van der Waals surface area contributed by atoms with E-state index < -0.39 is 41.2 Å². The topological polar surface area (TPSA) is 128 Å². The molecule has 0 saturated carbocycles. The highest BCUT2D eigenvalue weighted by atomic mass is 35.5. The summed E-state index contributed by atoms with van der Waals surface area (Å²) in [6, 6.07) is 6.32. The molecule has 1 unspecified atom stereocenters. The van der Waals surface area contributed by atoms with Crippen LogP contribution in [0.3, 0.4) is 0 Å². The summed E-state index contributed by atoms with van der Waals surface area (Å²) >= 11 is 6.55. The summed E-state index contributed by atoms with van der Waals surface area (Å²) in [6.07, 6.45) is 3.74. The summed E-state index contributed by atoms with van der Waals surface area (Å²) < 4.78 is 46.0. The molecule has 1 aliphatic rings. The largest absolute Gasteiger partial charge is 0.494 e. The van der Waals surface area contributed by atoms with Gasteiger partial charge in [0, 0.05) is 36.7 Å². The number of hydrogen-bond donors (Lipinski definition) is 1. The predicted octanol–water partition coefficient (Wildman–Crippen LogP) is 5.31. The lowest BCUT2D eigenvalue weighted by Gasteiger charge is -2.40. The molecule has 3 heterocycles. The molecule has 0 radical (unpaired) electrons. The van der Waals surface area contributed by atoms with Crippen molar-refractivity contribution in [1.29, 1.82) is 0 Å². The molecular weight excluding hydrogens is 626 g/mol. The number of aromatic nitrogens is 3. The van der Waals surface area contributed by atoms with E-state index in [9.17, 15) is 23.2 Å². The molecule has 0 spiro atoms. The standard InChI is InChI=1S/C31H31ClF2N6O6/c1-31(2,3)46-30(43)40-13-12-38(16-22(40)29(42)45-5)28(41)18-7-6-17(14-20(18)32)37-26-27-36-15-21(39(27)11-10-35-26)19-8-9-23(44-4)25(34)24(19)33/h6-11,14-15,22H,12-13,16H2,1-5H3,(H,35,37). The molecule has 2 aromatic carbocycles. The molecular formula is C31H31ClF2N6O6. The van der Waals surface area contributed by atoms with E-state index in [2.05, 4.69) is 15.3 Å². The molecule has 242 valence electrons. The highest BCUT2D eigenvalue weighted by molar-refractivity contribution is 6.34. The van der Waals surface area contributed by atoms with E-state index in [1.807, 2.05) is 0 Å². The van der Waals surface area contributed by atoms with Gasteiger partial charge in [0.1, 0.15) is 5.60 Å². The molecule has 1 atom stereocenters. The average molecular weight is 657 g/mol. The van der Waals surface area contributed by atoms with E-state index in [1.54, 1.807) is 37.4 Å². The van der Waals surface area contributed by atoms with E-state index >= 15 is 0 Å². The number of nitrogens with one attached hydrogen (secondary N) is 1. The highest BCUT2D eigenvalue weighted by Gasteiger charge is 2.40. The number of carbonyl (C=O) groups excluding carboxylic acids is 3. The van der Waals surface area contributed by atoms with Crippen molar-refractivity contribution in [3.63, 3.8) is 0 Å². The smallest absolute Gasteiger partial charge is 0.411 e. The van der Waals surface area contributed by atoms with E-state index in [0.717, 1.165) is 0 Å². The lowest BCUT2D eigenvalue weighted by atomic mass is 10.1. The van der Waals surface area contributed by atoms with Crippen LogP contribution in [0.5, 0.6) is 5.75 Å². The van der Waals surface area contributed by atoms with Crippen LogP contribution >= 0.6 is 11.6 Å². The number of amides is 2. The number of benzene rings is 2. The molecule has 1 N–H and O–H groups in total. The van der Waals surface area contributed by atoms with Crippen LogP contribution in [0, 0.1) is 11.6 Å². The number of rotatable bonds is 6. The zero-order chi connectivity index (χ0) is 33.3. The predicted molar refractivity (Wildman–Crippen MR) is 164 cm³/mol. The van der Waals surface area contributed by atoms with Gasteiger partial charge in [-0.15, -0.1) is 0 Å². The first-order chi connectivity index (χ1) is 21.8. The molecule has 1 aliphatic heterocycles. The Morgan fingerprint density at radius 2 is 1.80 bits per heavy atom. The van der Waals surface area contributed by atoms with Crippen molar-refractivity contribution in [1.82, 2.24) is 24.2 Å². The fraction of sp³-hybridized carbons (Fsp3) is 0.323. The van der Waals surface area contributed by atoms with Crippen molar-refractivity contribution in [2.45, 2.75) is 32.4 Å². The number of fused-ring (bicyclic) bond motifs is 1. The van der Waals surface area contributed by atoms with Crippen LogP contribution in [-0.2, 0) is 14.3 Å². The number of piperazine rings is 1. The summed E-state index contributed by atoms with van der Waals surface area (Å²) in [7, 11) is 2.45. The van der Waals surface area contributed by atoms with Crippen LogP contribution in [0.25, 0.3) is 16.9 Å². The molecule has 15 heteroatoms. The first-order valence-electron chi connectivity index (χ1n) is 14.1. The van der Waals surface area contributed by atoms with Gasteiger partial charge in [-0.2, -0.15) is 4.39 Å². The summed E-state index contributed by atoms with van der Waals surface area (Å²) in [5.41, 5.74) is 0.457.